The summed E-state index contributed by atoms with van der Waals surface area (Å²) in [5, 5.41) is 12.2. The van der Waals surface area contributed by atoms with E-state index in [2.05, 4.69) is 20.0 Å². The number of nitrogens with zero attached hydrogens (tertiary/aromatic N) is 2. The van der Waals surface area contributed by atoms with Gasteiger partial charge < -0.3 is 15.2 Å². The molecule has 1 aromatic rings. The van der Waals surface area contributed by atoms with Gasteiger partial charge in [0, 0.05) is 17.8 Å². The van der Waals surface area contributed by atoms with Crippen LogP contribution in [0.3, 0.4) is 0 Å². The Balaban J connectivity index is 2.02. The van der Waals surface area contributed by atoms with Gasteiger partial charge in [-0.05, 0) is 32.6 Å². The second kappa shape index (κ2) is 6.51. The predicted octanol–water partition coefficient (Wildman–Crippen LogP) is 1.63. The number of methoxy groups -OCH3 is 1. The molecule has 0 aliphatic heterocycles. The first-order valence-corrected chi connectivity index (χ1v) is 6.93. The molecule has 0 spiro atoms. The Labute approximate surface area is 122 Å². The molecule has 1 aromatic heterocycles. The van der Waals surface area contributed by atoms with E-state index in [-0.39, 0.29) is 17.8 Å². The maximum absolute atomic E-state index is 11.5. The van der Waals surface area contributed by atoms with Crippen molar-refractivity contribution >= 4 is 17.8 Å². The summed E-state index contributed by atoms with van der Waals surface area (Å²) < 4.78 is 4.62. The summed E-state index contributed by atoms with van der Waals surface area (Å²) in [6.07, 6.45) is 2.85. The van der Waals surface area contributed by atoms with Crippen molar-refractivity contribution in [1.29, 1.82) is 0 Å². The van der Waals surface area contributed by atoms with Gasteiger partial charge in [0.15, 0.2) is 0 Å². The molecule has 7 nitrogen and oxygen atoms in total. The summed E-state index contributed by atoms with van der Waals surface area (Å²) in [5.74, 6) is -0.947. The van der Waals surface area contributed by atoms with Crippen molar-refractivity contribution in [3.05, 3.63) is 17.6 Å². The fourth-order valence-electron chi connectivity index (χ4n) is 2.52. The van der Waals surface area contributed by atoms with E-state index in [0.717, 1.165) is 12.8 Å². The maximum Gasteiger partial charge on any atom is 0.376 e. The minimum atomic E-state index is -0.723. The maximum atomic E-state index is 11.5. The van der Waals surface area contributed by atoms with Gasteiger partial charge in [-0.25, -0.2) is 14.8 Å². The van der Waals surface area contributed by atoms with Crippen molar-refractivity contribution in [2.24, 2.45) is 5.92 Å². The lowest BCUT2D eigenvalue weighted by atomic mass is 9.86. The summed E-state index contributed by atoms with van der Waals surface area (Å²) in [5.41, 5.74) is 0.673. The molecular formula is C14H19N3O4. The minimum absolute atomic E-state index is 0.0271. The lowest BCUT2D eigenvalue weighted by Gasteiger charge is -2.27. The van der Waals surface area contributed by atoms with Gasteiger partial charge in [-0.2, -0.15) is 0 Å². The first-order chi connectivity index (χ1) is 9.99. The minimum Gasteiger partial charge on any atom is -0.481 e. The highest BCUT2D eigenvalue weighted by Crippen LogP contribution is 2.26. The van der Waals surface area contributed by atoms with Gasteiger partial charge in [0.1, 0.15) is 5.82 Å². The third-order valence-electron chi connectivity index (χ3n) is 3.65. The summed E-state index contributed by atoms with van der Waals surface area (Å²) in [7, 11) is 1.29. The number of rotatable bonds is 4. The van der Waals surface area contributed by atoms with E-state index in [9.17, 15) is 9.59 Å². The molecule has 0 radical (unpaired) electrons. The standard InChI is InChI=1S/C14H19N3O4/c1-8-7-11(17-12(15-8)14(20)21-2)16-10-5-3-9(4-6-10)13(18)19/h7,9-10H,3-6H2,1-2H3,(H,18,19)(H,15,16,17). The van der Waals surface area contributed by atoms with Gasteiger partial charge in [-0.1, -0.05) is 0 Å². The number of esters is 1. The molecule has 0 saturated heterocycles. The van der Waals surface area contributed by atoms with Crippen LogP contribution < -0.4 is 5.32 Å². The van der Waals surface area contributed by atoms with Gasteiger partial charge in [0.25, 0.3) is 0 Å². The number of carbonyl (C=O) groups is 2. The van der Waals surface area contributed by atoms with E-state index in [1.165, 1.54) is 7.11 Å². The van der Waals surface area contributed by atoms with Gasteiger partial charge in [-0.3, -0.25) is 4.79 Å². The number of carboxylic acids is 1. The van der Waals surface area contributed by atoms with Crippen LogP contribution in [-0.4, -0.2) is 40.2 Å². The first-order valence-electron chi connectivity index (χ1n) is 6.93. The van der Waals surface area contributed by atoms with Crippen molar-refractivity contribution in [3.63, 3.8) is 0 Å². The SMILES string of the molecule is COC(=O)c1nc(C)cc(NC2CCC(C(=O)O)CC2)n1. The molecule has 1 aliphatic carbocycles. The molecule has 21 heavy (non-hydrogen) atoms. The molecule has 2 rings (SSSR count). The zero-order valence-electron chi connectivity index (χ0n) is 12.1. The number of aliphatic carboxylic acids is 1. The average molecular weight is 293 g/mol. The molecule has 0 bridgehead atoms. The number of aromatic nitrogens is 2. The number of anilines is 1. The van der Waals surface area contributed by atoms with Crippen LogP contribution in [0.2, 0.25) is 0 Å². The highest BCUT2D eigenvalue weighted by molar-refractivity contribution is 5.85. The summed E-state index contributed by atoms with van der Waals surface area (Å²) in [4.78, 5) is 30.6. The van der Waals surface area contributed by atoms with Crippen molar-refractivity contribution in [3.8, 4) is 0 Å². The molecule has 114 valence electrons. The van der Waals surface area contributed by atoms with E-state index in [1.807, 2.05) is 0 Å². The van der Waals surface area contributed by atoms with E-state index in [4.69, 9.17) is 5.11 Å². The molecule has 0 unspecified atom stereocenters. The number of aryl methyl sites for hydroxylation is 1. The van der Waals surface area contributed by atoms with Gasteiger partial charge in [-0.15, -0.1) is 0 Å². The van der Waals surface area contributed by atoms with Crippen LogP contribution in [0.4, 0.5) is 5.82 Å². The third kappa shape index (κ3) is 3.90. The van der Waals surface area contributed by atoms with E-state index >= 15 is 0 Å². The van der Waals surface area contributed by atoms with Crippen LogP contribution in [0, 0.1) is 12.8 Å². The Morgan fingerprint density at radius 2 is 1.95 bits per heavy atom. The van der Waals surface area contributed by atoms with E-state index in [1.54, 1.807) is 13.0 Å². The average Bonchev–Trinajstić information content (AvgIpc) is 2.46. The molecule has 1 saturated carbocycles. The molecule has 0 amide bonds. The number of carbonyl (C=O) groups excluding carboxylic acids is 1. The Morgan fingerprint density at radius 3 is 2.52 bits per heavy atom. The Morgan fingerprint density at radius 1 is 1.29 bits per heavy atom. The number of hydrogen-bond donors (Lipinski definition) is 2. The highest BCUT2D eigenvalue weighted by Gasteiger charge is 2.26. The first kappa shape index (κ1) is 15.2. The predicted molar refractivity (Wildman–Crippen MR) is 75.1 cm³/mol. The summed E-state index contributed by atoms with van der Waals surface area (Å²) in [6.45, 7) is 1.78. The monoisotopic (exact) mass is 293 g/mol. The van der Waals surface area contributed by atoms with Crippen molar-refractivity contribution in [2.45, 2.75) is 38.6 Å². The molecular weight excluding hydrogens is 274 g/mol. The van der Waals surface area contributed by atoms with Gasteiger partial charge in [0.2, 0.25) is 5.82 Å². The number of carboxylic acid groups (broad SMARTS) is 1. The molecule has 1 fully saturated rings. The van der Waals surface area contributed by atoms with Crippen molar-refractivity contribution < 1.29 is 19.4 Å². The molecule has 0 atom stereocenters. The van der Waals surface area contributed by atoms with Crippen LogP contribution in [0.15, 0.2) is 6.07 Å². The smallest absolute Gasteiger partial charge is 0.376 e. The Hall–Kier alpha value is -2.18. The summed E-state index contributed by atoms with van der Waals surface area (Å²) in [6, 6.07) is 1.93. The second-order valence-electron chi connectivity index (χ2n) is 5.24. The summed E-state index contributed by atoms with van der Waals surface area (Å²) >= 11 is 0. The second-order valence-corrected chi connectivity index (χ2v) is 5.24. The fraction of sp³-hybridized carbons (Fsp3) is 0.571. The lowest BCUT2D eigenvalue weighted by molar-refractivity contribution is -0.142. The van der Waals surface area contributed by atoms with Crippen molar-refractivity contribution in [1.82, 2.24) is 9.97 Å². The van der Waals surface area contributed by atoms with Crippen LogP contribution in [0.5, 0.6) is 0 Å². The van der Waals surface area contributed by atoms with E-state index in [0.29, 0.717) is 24.4 Å². The molecule has 1 heterocycles. The van der Waals surface area contributed by atoms with Gasteiger partial charge in [0.05, 0.1) is 13.0 Å². The Bertz CT molecular complexity index is 539. The largest absolute Gasteiger partial charge is 0.481 e. The van der Waals surface area contributed by atoms with Crippen LogP contribution in [0.1, 0.15) is 42.0 Å². The fourth-order valence-corrected chi connectivity index (χ4v) is 2.52. The van der Waals surface area contributed by atoms with Crippen LogP contribution in [-0.2, 0) is 9.53 Å². The third-order valence-corrected chi connectivity index (χ3v) is 3.65. The molecule has 7 heteroatoms. The topological polar surface area (TPSA) is 101 Å². The zero-order valence-corrected chi connectivity index (χ0v) is 12.1. The normalized spacial score (nSPS) is 21.6. The Kier molecular flexibility index (Phi) is 4.72. The molecule has 2 N–H and O–H groups in total. The van der Waals surface area contributed by atoms with E-state index < -0.39 is 11.9 Å². The number of nitrogens with one attached hydrogen (secondary N) is 1. The number of hydrogen-bond acceptors (Lipinski definition) is 6. The van der Waals surface area contributed by atoms with Crippen molar-refractivity contribution in [2.75, 3.05) is 12.4 Å². The van der Waals surface area contributed by atoms with Crippen LogP contribution in [0.25, 0.3) is 0 Å². The highest BCUT2D eigenvalue weighted by atomic mass is 16.5. The lowest BCUT2D eigenvalue weighted by Crippen LogP contribution is -2.29. The molecule has 1 aliphatic rings. The number of ether oxygens (including phenoxy) is 1. The molecule has 0 aromatic carbocycles. The zero-order chi connectivity index (χ0) is 15.4. The van der Waals surface area contributed by atoms with Gasteiger partial charge >= 0.3 is 11.9 Å². The van der Waals surface area contributed by atoms with Crippen LogP contribution >= 0.6 is 0 Å². The quantitative estimate of drug-likeness (QED) is 0.813.